The molecule has 1 aromatic carbocycles. The Morgan fingerprint density at radius 1 is 1.00 bits per heavy atom. The monoisotopic (exact) mass is 302 g/mol. The molecule has 18 heavy (non-hydrogen) atoms. The number of hydrogen-bond acceptors (Lipinski definition) is 0. The summed E-state index contributed by atoms with van der Waals surface area (Å²) in [7, 11) is 0. The van der Waals surface area contributed by atoms with Crippen LogP contribution in [0.2, 0.25) is 0 Å². The van der Waals surface area contributed by atoms with Gasteiger partial charge in [-0.25, -0.2) is 8.78 Å². The van der Waals surface area contributed by atoms with Crippen molar-refractivity contribution in [2.75, 3.05) is 0 Å². The zero-order chi connectivity index (χ0) is 13.4. The molecule has 96 valence electrons. The van der Waals surface area contributed by atoms with Crippen molar-refractivity contribution in [1.29, 1.82) is 0 Å². The van der Waals surface area contributed by atoms with Gasteiger partial charge in [0, 0.05) is 11.1 Å². The van der Waals surface area contributed by atoms with Gasteiger partial charge in [-0.2, -0.15) is 13.2 Å². The summed E-state index contributed by atoms with van der Waals surface area (Å²) in [6, 6.07) is 0.198. The molecule has 0 bridgehead atoms. The van der Waals surface area contributed by atoms with Gasteiger partial charge in [-0.05, 0) is 6.07 Å². The summed E-state index contributed by atoms with van der Waals surface area (Å²) in [5, 5.41) is 0. The van der Waals surface area contributed by atoms with Crippen LogP contribution in [0.25, 0.3) is 0 Å². The van der Waals surface area contributed by atoms with Crippen LogP contribution in [0, 0.1) is 0 Å². The number of hydrogen-bond donors (Lipinski definition) is 0. The van der Waals surface area contributed by atoms with Crippen LogP contribution in [0.4, 0.5) is 34.9 Å². The van der Waals surface area contributed by atoms with Gasteiger partial charge in [0.1, 0.15) is 0 Å². The fraction of sp³-hybridized carbons (Fsp3) is 0.250. The SMILES string of the molecule is FC(F)c1ccc([B-](F)(F)F)c(C(F)(F)F)c1.[K+]. The summed E-state index contributed by atoms with van der Waals surface area (Å²) in [6.45, 7) is -5.90. The van der Waals surface area contributed by atoms with E-state index in [1.54, 1.807) is 0 Å². The second-order valence-electron chi connectivity index (χ2n) is 3.22. The number of rotatable bonds is 2. The van der Waals surface area contributed by atoms with Crippen molar-refractivity contribution >= 4 is 12.4 Å². The predicted molar refractivity (Wildman–Crippen MR) is 45.1 cm³/mol. The van der Waals surface area contributed by atoms with Gasteiger partial charge < -0.3 is 12.9 Å². The summed E-state index contributed by atoms with van der Waals surface area (Å²) in [5.41, 5.74) is -5.09. The molecule has 0 aliphatic heterocycles. The van der Waals surface area contributed by atoms with Crippen molar-refractivity contribution in [2.45, 2.75) is 12.6 Å². The Morgan fingerprint density at radius 3 is 1.83 bits per heavy atom. The van der Waals surface area contributed by atoms with Gasteiger partial charge in [0.05, 0.1) is 0 Å². The van der Waals surface area contributed by atoms with Crippen LogP contribution in [0.15, 0.2) is 18.2 Å². The van der Waals surface area contributed by atoms with Crippen LogP contribution in [0.5, 0.6) is 0 Å². The molecule has 0 saturated heterocycles. The average Bonchev–Trinajstić information content (AvgIpc) is 2.14. The summed E-state index contributed by atoms with van der Waals surface area (Å²) >= 11 is 0. The molecule has 0 aliphatic rings. The van der Waals surface area contributed by atoms with E-state index in [0.717, 1.165) is 0 Å². The molecule has 0 aliphatic carbocycles. The van der Waals surface area contributed by atoms with Crippen LogP contribution in [0.3, 0.4) is 0 Å². The Morgan fingerprint density at radius 2 is 1.50 bits per heavy atom. The molecule has 0 N–H and O–H groups in total. The van der Waals surface area contributed by atoms with E-state index in [1.165, 1.54) is 0 Å². The van der Waals surface area contributed by atoms with E-state index in [0.29, 0.717) is 6.07 Å². The third-order valence-corrected chi connectivity index (χ3v) is 1.99. The van der Waals surface area contributed by atoms with Gasteiger partial charge in [-0.3, -0.25) is 0 Å². The normalized spacial score (nSPS) is 12.5. The van der Waals surface area contributed by atoms with Crippen molar-refractivity contribution in [3.8, 4) is 0 Å². The molecule has 0 spiro atoms. The summed E-state index contributed by atoms with van der Waals surface area (Å²) < 4.78 is 98.0. The van der Waals surface area contributed by atoms with Crippen LogP contribution in [-0.2, 0) is 6.18 Å². The molecule has 0 fully saturated rings. The molecule has 0 saturated carbocycles. The topological polar surface area (TPSA) is 0 Å². The second kappa shape index (κ2) is 6.21. The van der Waals surface area contributed by atoms with Crippen molar-refractivity contribution in [2.24, 2.45) is 0 Å². The van der Waals surface area contributed by atoms with Crippen LogP contribution >= 0.6 is 0 Å². The molecule has 1 aromatic rings. The first-order valence-corrected chi connectivity index (χ1v) is 4.22. The third kappa shape index (κ3) is 4.48. The molecule has 0 atom stereocenters. The fourth-order valence-corrected chi connectivity index (χ4v) is 1.24. The standard InChI is InChI=1S/C8H4BF8.K/c10-7(11)4-1-2-6(9(15,16)17)5(3-4)8(12,13)14;/h1-3,7H;/q-1;+1. The number of halogens is 8. The van der Waals surface area contributed by atoms with Crippen LogP contribution < -0.4 is 56.8 Å². The maximum atomic E-state index is 12.3. The van der Waals surface area contributed by atoms with E-state index in [4.69, 9.17) is 0 Å². The number of benzene rings is 1. The van der Waals surface area contributed by atoms with Gasteiger partial charge in [0.25, 0.3) is 6.43 Å². The van der Waals surface area contributed by atoms with Crippen molar-refractivity contribution in [1.82, 2.24) is 0 Å². The van der Waals surface area contributed by atoms with E-state index in [2.05, 4.69) is 0 Å². The predicted octanol–water partition coefficient (Wildman–Crippen LogP) is 0.701. The first kappa shape index (κ1) is 18.4. The molecule has 0 nitrogen and oxygen atoms in total. The van der Waals surface area contributed by atoms with Crippen molar-refractivity contribution < 1.29 is 86.3 Å². The molecule has 0 heterocycles. The van der Waals surface area contributed by atoms with E-state index < -0.39 is 36.2 Å². The fourth-order valence-electron chi connectivity index (χ4n) is 1.24. The van der Waals surface area contributed by atoms with Gasteiger partial charge in [0.2, 0.25) is 0 Å². The Balaban J connectivity index is 0.00000289. The first-order valence-electron chi connectivity index (χ1n) is 4.22. The molecule has 0 unspecified atom stereocenters. The van der Waals surface area contributed by atoms with Crippen molar-refractivity contribution in [3.63, 3.8) is 0 Å². The largest absolute Gasteiger partial charge is 1.00 e. The Kier molecular flexibility index (Phi) is 6.33. The average molecular weight is 302 g/mol. The maximum absolute atomic E-state index is 12.3. The summed E-state index contributed by atoms with van der Waals surface area (Å²) in [4.78, 5) is 0. The minimum Gasteiger partial charge on any atom is -0.445 e. The van der Waals surface area contributed by atoms with E-state index in [9.17, 15) is 34.9 Å². The number of alkyl halides is 5. The maximum Gasteiger partial charge on any atom is 1.00 e. The van der Waals surface area contributed by atoms with E-state index >= 15 is 0 Å². The molecule has 0 aromatic heterocycles. The second-order valence-corrected chi connectivity index (χ2v) is 3.22. The Labute approximate surface area is 139 Å². The van der Waals surface area contributed by atoms with E-state index in [-0.39, 0.29) is 63.5 Å². The molecule has 1 rings (SSSR count). The van der Waals surface area contributed by atoms with Gasteiger partial charge in [0.15, 0.2) is 0 Å². The van der Waals surface area contributed by atoms with Gasteiger partial charge >= 0.3 is 64.5 Å². The Hall–Kier alpha value is 0.361. The summed E-state index contributed by atoms with van der Waals surface area (Å²) in [5.74, 6) is 0. The van der Waals surface area contributed by atoms with Crippen LogP contribution in [-0.4, -0.2) is 6.98 Å². The van der Waals surface area contributed by atoms with E-state index in [1.807, 2.05) is 0 Å². The smallest absolute Gasteiger partial charge is 0.445 e. The molecular weight excluding hydrogens is 298 g/mol. The summed E-state index contributed by atoms with van der Waals surface area (Å²) in [6.07, 6.45) is -8.58. The molecular formula is C8H4BF8K. The zero-order valence-electron chi connectivity index (χ0n) is 8.91. The van der Waals surface area contributed by atoms with Gasteiger partial charge in [-0.15, -0.1) is 0 Å². The van der Waals surface area contributed by atoms with Gasteiger partial charge in [-0.1, -0.05) is 17.6 Å². The minimum atomic E-state index is -5.90. The molecule has 0 radical (unpaired) electrons. The van der Waals surface area contributed by atoms with Crippen LogP contribution in [0.1, 0.15) is 17.6 Å². The molecule has 10 heteroatoms. The quantitative estimate of drug-likeness (QED) is 0.557. The first-order chi connectivity index (χ1) is 7.53. The zero-order valence-corrected chi connectivity index (χ0v) is 12.0. The third-order valence-electron chi connectivity index (χ3n) is 1.99. The Bertz CT molecular complexity index is 411. The van der Waals surface area contributed by atoms with Crippen molar-refractivity contribution in [3.05, 3.63) is 29.3 Å². The molecule has 0 amide bonds. The minimum absolute atomic E-state index is 0.